The van der Waals surface area contributed by atoms with Crippen LogP contribution in [0.5, 0.6) is 0 Å². The van der Waals surface area contributed by atoms with Crippen molar-refractivity contribution in [2.24, 2.45) is 0 Å². The van der Waals surface area contributed by atoms with E-state index in [0.717, 1.165) is 31.7 Å². The van der Waals surface area contributed by atoms with Crippen molar-refractivity contribution in [1.82, 2.24) is 25.1 Å². The van der Waals surface area contributed by atoms with Gasteiger partial charge in [-0.25, -0.2) is 9.82 Å². The minimum atomic E-state index is -0.306. The molecule has 33 heavy (non-hydrogen) atoms. The molecule has 2 saturated heterocycles. The third-order valence-corrected chi connectivity index (χ3v) is 7.67. The maximum Gasteiger partial charge on any atom is 0.250 e. The van der Waals surface area contributed by atoms with Crippen LogP contribution in [0.1, 0.15) is 56.6 Å². The summed E-state index contributed by atoms with van der Waals surface area (Å²) < 4.78 is 13.2. The van der Waals surface area contributed by atoms with Crippen LogP contribution in [-0.4, -0.2) is 76.3 Å². The van der Waals surface area contributed by atoms with Gasteiger partial charge in [0.05, 0.1) is 6.04 Å². The van der Waals surface area contributed by atoms with Crippen molar-refractivity contribution in [2.75, 3.05) is 32.7 Å². The quantitative estimate of drug-likeness (QED) is 0.740. The molecule has 0 aromatic heterocycles. The molecule has 5 rings (SSSR count). The van der Waals surface area contributed by atoms with E-state index in [1.807, 2.05) is 16.1 Å². The number of fused-ring (bicyclic) bond motifs is 1. The molecule has 4 aliphatic rings. The zero-order valence-electron chi connectivity index (χ0n) is 19.2. The number of hydrogen-bond acceptors (Lipinski definition) is 5. The molecule has 0 radical (unpaired) electrons. The number of halogens is 1. The van der Waals surface area contributed by atoms with E-state index >= 15 is 0 Å². The van der Waals surface area contributed by atoms with Gasteiger partial charge in [0.25, 0.3) is 5.91 Å². The van der Waals surface area contributed by atoms with Crippen molar-refractivity contribution < 1.29 is 14.0 Å². The van der Waals surface area contributed by atoms with Crippen LogP contribution in [-0.2, 0) is 9.59 Å². The third kappa shape index (κ3) is 4.92. The summed E-state index contributed by atoms with van der Waals surface area (Å²) in [5.74, 6) is -0.128. The minimum Gasteiger partial charge on any atom is -0.340 e. The van der Waals surface area contributed by atoms with Gasteiger partial charge in [-0.1, -0.05) is 31.4 Å². The molecule has 1 N–H and O–H groups in total. The molecular weight excluding hydrogens is 421 g/mol. The Morgan fingerprint density at radius 3 is 2.45 bits per heavy atom. The first-order valence-electron chi connectivity index (χ1n) is 12.4. The standard InChI is InChI=1S/C25H34FN5O2/c26-20-8-6-19(7-9-20)22-18-23-25(33)30(16-17-31(23)27-22)11-10-24(32)29-14-12-28(13-15-29)21-4-2-1-3-5-21/h6-9,16-17,21-23,27H,1-5,10-15,18H2. The van der Waals surface area contributed by atoms with Crippen LogP contribution >= 0.6 is 0 Å². The number of carbonyl (C=O) groups is 2. The molecule has 0 bridgehead atoms. The molecule has 3 aliphatic heterocycles. The zero-order valence-corrected chi connectivity index (χ0v) is 19.2. The van der Waals surface area contributed by atoms with Crippen molar-refractivity contribution in [3.05, 3.63) is 48.0 Å². The van der Waals surface area contributed by atoms with E-state index in [1.165, 1.54) is 44.2 Å². The summed E-state index contributed by atoms with van der Waals surface area (Å²) in [6.07, 6.45) is 11.2. The van der Waals surface area contributed by atoms with Crippen LogP contribution < -0.4 is 5.43 Å². The van der Waals surface area contributed by atoms with Gasteiger partial charge in [0.15, 0.2) is 0 Å². The molecule has 3 fully saturated rings. The van der Waals surface area contributed by atoms with Crippen molar-refractivity contribution >= 4 is 11.8 Å². The lowest BCUT2D eigenvalue weighted by Gasteiger charge is -2.41. The van der Waals surface area contributed by atoms with Crippen LogP contribution in [0.3, 0.4) is 0 Å². The Morgan fingerprint density at radius 1 is 1.00 bits per heavy atom. The van der Waals surface area contributed by atoms with Gasteiger partial charge in [-0.15, -0.1) is 0 Å². The Hall–Kier alpha value is -2.45. The monoisotopic (exact) mass is 455 g/mol. The Bertz CT molecular complexity index is 877. The van der Waals surface area contributed by atoms with Crippen LogP contribution in [0, 0.1) is 5.82 Å². The number of nitrogens with zero attached hydrogens (tertiary/aromatic N) is 4. The van der Waals surface area contributed by atoms with E-state index < -0.39 is 0 Å². The fraction of sp³-hybridized carbons (Fsp3) is 0.600. The highest BCUT2D eigenvalue weighted by Gasteiger charge is 2.40. The number of hydrazine groups is 1. The van der Waals surface area contributed by atoms with Gasteiger partial charge in [-0.05, 0) is 37.0 Å². The summed E-state index contributed by atoms with van der Waals surface area (Å²) >= 11 is 0. The molecule has 2 unspecified atom stereocenters. The van der Waals surface area contributed by atoms with Gasteiger partial charge in [-0.2, -0.15) is 0 Å². The normalized spacial score (nSPS) is 26.7. The zero-order chi connectivity index (χ0) is 22.8. The Kier molecular flexibility index (Phi) is 6.64. The highest BCUT2D eigenvalue weighted by atomic mass is 19.1. The lowest BCUT2D eigenvalue weighted by molar-refractivity contribution is -0.137. The molecular formula is C25H34FN5O2. The number of rotatable bonds is 5. The second-order valence-corrected chi connectivity index (χ2v) is 9.68. The minimum absolute atomic E-state index is 0.00419. The molecule has 8 heteroatoms. The fourth-order valence-corrected chi connectivity index (χ4v) is 5.69. The van der Waals surface area contributed by atoms with Crippen molar-refractivity contribution in [1.29, 1.82) is 0 Å². The summed E-state index contributed by atoms with van der Waals surface area (Å²) in [5.41, 5.74) is 4.28. The second kappa shape index (κ2) is 9.81. The van der Waals surface area contributed by atoms with Gasteiger partial charge < -0.3 is 14.8 Å². The van der Waals surface area contributed by atoms with E-state index in [1.54, 1.807) is 23.2 Å². The third-order valence-electron chi connectivity index (χ3n) is 7.67. The molecule has 0 spiro atoms. The molecule has 1 saturated carbocycles. The lowest BCUT2D eigenvalue weighted by Crippen LogP contribution is -2.53. The fourth-order valence-electron chi connectivity index (χ4n) is 5.69. The molecule has 2 amide bonds. The van der Waals surface area contributed by atoms with Crippen LogP contribution in [0.2, 0.25) is 0 Å². The van der Waals surface area contributed by atoms with Crippen LogP contribution in [0.4, 0.5) is 4.39 Å². The predicted octanol–water partition coefficient (Wildman–Crippen LogP) is 2.63. The Labute approximate surface area is 195 Å². The maximum atomic E-state index is 13.2. The number of hydrogen-bond donors (Lipinski definition) is 1. The van der Waals surface area contributed by atoms with E-state index in [9.17, 15) is 14.0 Å². The first-order chi connectivity index (χ1) is 16.1. The lowest BCUT2D eigenvalue weighted by atomic mass is 9.94. The van der Waals surface area contributed by atoms with Gasteiger partial charge in [0, 0.05) is 57.6 Å². The average Bonchev–Trinajstić information content (AvgIpc) is 3.30. The van der Waals surface area contributed by atoms with Crippen molar-refractivity contribution in [3.8, 4) is 0 Å². The van der Waals surface area contributed by atoms with E-state index in [-0.39, 0.29) is 29.7 Å². The van der Waals surface area contributed by atoms with E-state index in [4.69, 9.17) is 0 Å². The Morgan fingerprint density at radius 2 is 1.73 bits per heavy atom. The number of benzene rings is 1. The molecule has 178 valence electrons. The van der Waals surface area contributed by atoms with Crippen molar-refractivity contribution in [3.63, 3.8) is 0 Å². The second-order valence-electron chi connectivity index (χ2n) is 9.68. The van der Waals surface area contributed by atoms with Crippen molar-refractivity contribution in [2.45, 2.75) is 63.1 Å². The Balaban J connectivity index is 1.09. The molecule has 2 atom stereocenters. The highest BCUT2D eigenvalue weighted by molar-refractivity contribution is 5.85. The molecule has 1 aliphatic carbocycles. The molecule has 1 aromatic carbocycles. The van der Waals surface area contributed by atoms with E-state index in [2.05, 4.69) is 10.3 Å². The average molecular weight is 456 g/mol. The summed E-state index contributed by atoms with van der Waals surface area (Å²) in [5, 5.41) is 1.83. The first kappa shape index (κ1) is 22.3. The largest absolute Gasteiger partial charge is 0.340 e. The summed E-state index contributed by atoms with van der Waals surface area (Å²) in [4.78, 5) is 32.1. The summed E-state index contributed by atoms with van der Waals surface area (Å²) in [6.45, 7) is 3.92. The number of amides is 2. The predicted molar refractivity (Wildman–Crippen MR) is 123 cm³/mol. The molecule has 1 aromatic rings. The number of carbonyl (C=O) groups excluding carboxylic acids is 2. The van der Waals surface area contributed by atoms with E-state index in [0.29, 0.717) is 25.4 Å². The number of piperazine rings is 1. The van der Waals surface area contributed by atoms with Crippen LogP contribution in [0.25, 0.3) is 0 Å². The number of nitrogens with one attached hydrogen (secondary N) is 1. The van der Waals surface area contributed by atoms with Gasteiger partial charge in [0.2, 0.25) is 5.91 Å². The smallest absolute Gasteiger partial charge is 0.250 e. The van der Waals surface area contributed by atoms with Gasteiger partial charge in [-0.3, -0.25) is 14.5 Å². The first-order valence-corrected chi connectivity index (χ1v) is 12.4. The maximum absolute atomic E-state index is 13.2. The van der Waals surface area contributed by atoms with Gasteiger partial charge in [0.1, 0.15) is 11.9 Å². The summed E-state index contributed by atoms with van der Waals surface area (Å²) in [6, 6.07) is 6.76. The van der Waals surface area contributed by atoms with Crippen LogP contribution in [0.15, 0.2) is 36.7 Å². The molecule has 7 nitrogen and oxygen atoms in total. The topological polar surface area (TPSA) is 59.1 Å². The highest BCUT2D eigenvalue weighted by Crippen LogP contribution is 2.31. The SMILES string of the molecule is O=C1C2CC(c3ccc(F)cc3)NN2C=CN1CCC(=O)N1CCN(C2CCCCC2)CC1. The summed E-state index contributed by atoms with van der Waals surface area (Å²) in [7, 11) is 0. The molecule has 3 heterocycles. The van der Waals surface area contributed by atoms with Gasteiger partial charge >= 0.3 is 0 Å².